The summed E-state index contributed by atoms with van der Waals surface area (Å²) >= 11 is 3.70. The maximum Gasteiger partial charge on any atom is 0.0498 e. The second-order valence-corrected chi connectivity index (χ2v) is 5.83. The van der Waals surface area contributed by atoms with Crippen LogP contribution < -0.4 is 0 Å². The molecular formula is C11H11NS2. The third-order valence-electron chi connectivity index (χ3n) is 1.99. The molecule has 0 radical (unpaired) electrons. The molecule has 0 bridgehead atoms. The summed E-state index contributed by atoms with van der Waals surface area (Å²) in [6.07, 6.45) is 5.85. The zero-order valence-corrected chi connectivity index (χ0v) is 9.78. The first-order chi connectivity index (χ1) is 6.75. The van der Waals surface area contributed by atoms with Crippen LogP contribution in [-0.2, 0) is 0 Å². The Morgan fingerprint density at radius 3 is 2.21 bits per heavy atom. The van der Waals surface area contributed by atoms with E-state index in [4.69, 9.17) is 0 Å². The van der Waals surface area contributed by atoms with Gasteiger partial charge in [-0.3, -0.25) is 4.98 Å². The standard InChI is InChI=1S/C11H11NS2/c1-8-9(2)14-11(13-8)7-10-3-5-12-6-4-10/h3-7H,1-2H3. The van der Waals surface area contributed by atoms with Gasteiger partial charge >= 0.3 is 0 Å². The van der Waals surface area contributed by atoms with Crippen molar-refractivity contribution in [1.82, 2.24) is 4.98 Å². The number of rotatable bonds is 1. The fraction of sp³-hybridized carbons (Fsp3) is 0.182. The molecule has 0 aliphatic carbocycles. The molecule has 2 heterocycles. The molecule has 14 heavy (non-hydrogen) atoms. The van der Waals surface area contributed by atoms with Crippen LogP contribution in [0.25, 0.3) is 6.08 Å². The van der Waals surface area contributed by atoms with Gasteiger partial charge < -0.3 is 0 Å². The van der Waals surface area contributed by atoms with Crippen molar-refractivity contribution in [1.29, 1.82) is 0 Å². The molecule has 0 aromatic carbocycles. The lowest BCUT2D eigenvalue weighted by molar-refractivity contribution is 1.32. The number of allylic oxidation sites excluding steroid dienone is 2. The van der Waals surface area contributed by atoms with E-state index in [2.05, 4.69) is 24.9 Å². The molecule has 0 saturated carbocycles. The average molecular weight is 221 g/mol. The van der Waals surface area contributed by atoms with Crippen LogP contribution in [0, 0.1) is 0 Å². The topological polar surface area (TPSA) is 12.9 Å². The SMILES string of the molecule is CC1=C(C)SC(=Cc2ccncc2)S1. The molecule has 72 valence electrons. The maximum atomic E-state index is 4.00. The van der Waals surface area contributed by atoms with Crippen molar-refractivity contribution < 1.29 is 0 Å². The van der Waals surface area contributed by atoms with Gasteiger partial charge in [0.2, 0.25) is 0 Å². The Kier molecular flexibility index (Phi) is 2.99. The number of nitrogens with zero attached hydrogens (tertiary/aromatic N) is 1. The minimum absolute atomic E-state index is 1.22. The second kappa shape index (κ2) is 4.24. The fourth-order valence-corrected chi connectivity index (χ4v) is 3.57. The smallest absolute Gasteiger partial charge is 0.0498 e. The first-order valence-electron chi connectivity index (χ1n) is 4.40. The van der Waals surface area contributed by atoms with Crippen molar-refractivity contribution in [3.8, 4) is 0 Å². The number of hydrogen-bond donors (Lipinski definition) is 0. The monoisotopic (exact) mass is 221 g/mol. The van der Waals surface area contributed by atoms with E-state index in [0.29, 0.717) is 0 Å². The van der Waals surface area contributed by atoms with Gasteiger partial charge in [0.05, 0.1) is 0 Å². The summed E-state index contributed by atoms with van der Waals surface area (Å²) in [5.41, 5.74) is 1.22. The van der Waals surface area contributed by atoms with Crippen molar-refractivity contribution in [2.24, 2.45) is 0 Å². The quantitative estimate of drug-likeness (QED) is 0.708. The van der Waals surface area contributed by atoms with E-state index in [1.165, 1.54) is 19.6 Å². The van der Waals surface area contributed by atoms with Crippen molar-refractivity contribution in [3.63, 3.8) is 0 Å². The molecule has 1 aliphatic rings. The van der Waals surface area contributed by atoms with Crippen molar-refractivity contribution in [2.75, 3.05) is 0 Å². The minimum Gasteiger partial charge on any atom is -0.265 e. The van der Waals surface area contributed by atoms with Crippen LogP contribution in [0.5, 0.6) is 0 Å². The molecule has 0 unspecified atom stereocenters. The Morgan fingerprint density at radius 1 is 1.07 bits per heavy atom. The van der Waals surface area contributed by atoms with Gasteiger partial charge in [0.1, 0.15) is 0 Å². The Labute approximate surface area is 92.7 Å². The highest BCUT2D eigenvalue weighted by molar-refractivity contribution is 8.28. The molecule has 0 atom stereocenters. The van der Waals surface area contributed by atoms with E-state index in [9.17, 15) is 0 Å². The maximum absolute atomic E-state index is 4.00. The van der Waals surface area contributed by atoms with Gasteiger partial charge in [-0.1, -0.05) is 23.5 Å². The number of hydrogen-bond acceptors (Lipinski definition) is 3. The van der Waals surface area contributed by atoms with Gasteiger partial charge in [-0.05, 0) is 47.4 Å². The Morgan fingerprint density at radius 2 is 1.64 bits per heavy atom. The van der Waals surface area contributed by atoms with Crippen molar-refractivity contribution in [2.45, 2.75) is 13.8 Å². The third kappa shape index (κ3) is 2.22. The molecule has 1 aromatic heterocycles. The molecule has 1 aliphatic heterocycles. The van der Waals surface area contributed by atoms with E-state index in [0.717, 1.165) is 0 Å². The normalized spacial score (nSPS) is 16.3. The lowest BCUT2D eigenvalue weighted by atomic mass is 10.3. The highest BCUT2D eigenvalue weighted by Gasteiger charge is 2.13. The molecule has 0 amide bonds. The first-order valence-corrected chi connectivity index (χ1v) is 6.04. The minimum atomic E-state index is 1.22. The first kappa shape index (κ1) is 9.87. The Balaban J connectivity index is 2.16. The summed E-state index contributed by atoms with van der Waals surface area (Å²) in [5.74, 6) is 0. The van der Waals surface area contributed by atoms with E-state index in [-0.39, 0.29) is 0 Å². The molecule has 2 rings (SSSR count). The van der Waals surface area contributed by atoms with Gasteiger partial charge in [0, 0.05) is 16.6 Å². The summed E-state index contributed by atoms with van der Waals surface area (Å²) in [5, 5.41) is 0. The van der Waals surface area contributed by atoms with Crippen LogP contribution in [0.3, 0.4) is 0 Å². The predicted octanol–water partition coefficient (Wildman–Crippen LogP) is 4.11. The summed E-state index contributed by atoms with van der Waals surface area (Å²) in [6, 6.07) is 4.05. The van der Waals surface area contributed by atoms with Gasteiger partial charge in [-0.2, -0.15) is 0 Å². The number of pyridine rings is 1. The fourth-order valence-electron chi connectivity index (χ4n) is 1.12. The molecule has 3 heteroatoms. The molecular weight excluding hydrogens is 210 g/mol. The van der Waals surface area contributed by atoms with E-state index in [1.807, 2.05) is 48.1 Å². The molecule has 0 spiro atoms. The predicted molar refractivity (Wildman–Crippen MR) is 65.8 cm³/mol. The molecule has 1 aromatic rings. The van der Waals surface area contributed by atoms with Gasteiger partial charge in [-0.15, -0.1) is 0 Å². The van der Waals surface area contributed by atoms with Crippen LogP contribution in [0.2, 0.25) is 0 Å². The highest BCUT2D eigenvalue weighted by Crippen LogP contribution is 2.49. The molecule has 0 saturated heterocycles. The number of aromatic nitrogens is 1. The lowest BCUT2D eigenvalue weighted by Crippen LogP contribution is -1.73. The second-order valence-electron chi connectivity index (χ2n) is 3.06. The average Bonchev–Trinajstić information content (AvgIpc) is 2.47. The summed E-state index contributed by atoms with van der Waals surface area (Å²) < 4.78 is 1.35. The van der Waals surface area contributed by atoms with Gasteiger partial charge in [0.25, 0.3) is 0 Å². The highest BCUT2D eigenvalue weighted by atomic mass is 32.2. The zero-order chi connectivity index (χ0) is 9.97. The third-order valence-corrected chi connectivity index (χ3v) is 4.49. The number of thioether (sulfide) groups is 2. The van der Waals surface area contributed by atoms with Crippen LogP contribution in [0.1, 0.15) is 19.4 Å². The van der Waals surface area contributed by atoms with E-state index < -0.39 is 0 Å². The molecule has 0 N–H and O–H groups in total. The van der Waals surface area contributed by atoms with E-state index >= 15 is 0 Å². The Bertz CT molecular complexity index is 377. The van der Waals surface area contributed by atoms with Gasteiger partial charge in [-0.25, -0.2) is 0 Å². The summed E-state index contributed by atoms with van der Waals surface area (Å²) in [7, 11) is 0. The van der Waals surface area contributed by atoms with Gasteiger partial charge in [0.15, 0.2) is 0 Å². The van der Waals surface area contributed by atoms with Crippen LogP contribution >= 0.6 is 23.5 Å². The molecule has 0 fully saturated rings. The van der Waals surface area contributed by atoms with Crippen LogP contribution in [0.15, 0.2) is 38.6 Å². The summed E-state index contributed by atoms with van der Waals surface area (Å²) in [6.45, 7) is 4.33. The zero-order valence-electron chi connectivity index (χ0n) is 8.15. The summed E-state index contributed by atoms with van der Waals surface area (Å²) in [4.78, 5) is 6.82. The van der Waals surface area contributed by atoms with Crippen molar-refractivity contribution >= 4 is 29.6 Å². The van der Waals surface area contributed by atoms with Crippen LogP contribution in [-0.4, -0.2) is 4.98 Å². The van der Waals surface area contributed by atoms with Crippen molar-refractivity contribution in [3.05, 3.63) is 44.1 Å². The van der Waals surface area contributed by atoms with E-state index in [1.54, 1.807) is 0 Å². The largest absolute Gasteiger partial charge is 0.265 e. The lowest BCUT2D eigenvalue weighted by Gasteiger charge is -1.95. The molecule has 1 nitrogen and oxygen atoms in total. The Hall–Kier alpha value is -0.670. The van der Waals surface area contributed by atoms with Crippen LogP contribution in [0.4, 0.5) is 0 Å².